The Balaban J connectivity index is 3.05. The molecule has 0 aliphatic heterocycles. The first-order chi connectivity index (χ1) is 10.8. The maximum absolute atomic E-state index is 12.1. The Morgan fingerprint density at radius 2 is 1.92 bits per heavy atom. The predicted molar refractivity (Wildman–Crippen MR) is 99.1 cm³/mol. The zero-order valence-electron chi connectivity index (χ0n) is 14.8. The van der Waals surface area contributed by atoms with Crippen molar-refractivity contribution in [1.82, 2.24) is 5.43 Å². The number of halogens is 1. The molecule has 0 aliphatic rings. The van der Waals surface area contributed by atoms with Gasteiger partial charge in [0, 0.05) is 16.1 Å². The van der Waals surface area contributed by atoms with Crippen molar-refractivity contribution in [1.29, 1.82) is 0 Å². The second-order valence-corrected chi connectivity index (χ2v) is 8.95. The molecule has 0 radical (unpaired) electrons. The van der Waals surface area contributed by atoms with E-state index >= 15 is 0 Å². The minimum atomic E-state index is -3.65. The van der Waals surface area contributed by atoms with Crippen LogP contribution in [0.4, 0.5) is 5.69 Å². The lowest BCUT2D eigenvalue weighted by atomic mass is 9.91. The van der Waals surface area contributed by atoms with Crippen LogP contribution in [0.25, 0.3) is 0 Å². The number of amides is 1. The highest BCUT2D eigenvalue weighted by Gasteiger charge is 2.23. The molecular weight excluding hydrogens is 350 g/mol. The summed E-state index contributed by atoms with van der Waals surface area (Å²) in [6.07, 6.45) is 1.05. The van der Waals surface area contributed by atoms with E-state index in [1.807, 2.05) is 20.8 Å². The van der Waals surface area contributed by atoms with Crippen LogP contribution < -0.4 is 9.73 Å². The number of hydrazone groups is 1. The third-order valence-corrected chi connectivity index (χ3v) is 5.16. The molecule has 0 heterocycles. The Morgan fingerprint density at radius 1 is 1.33 bits per heavy atom. The molecule has 0 saturated heterocycles. The maximum Gasteiger partial charge on any atom is 0.260 e. The van der Waals surface area contributed by atoms with Crippen molar-refractivity contribution in [3.63, 3.8) is 0 Å². The third kappa shape index (κ3) is 5.49. The smallest absolute Gasteiger partial charge is 0.260 e. The van der Waals surface area contributed by atoms with Crippen molar-refractivity contribution < 1.29 is 13.2 Å². The molecule has 1 aromatic rings. The summed E-state index contributed by atoms with van der Waals surface area (Å²) < 4.78 is 25.2. The Kier molecular flexibility index (Phi) is 6.41. The number of carbonyl (C=O) groups is 1. The maximum atomic E-state index is 12.1. The van der Waals surface area contributed by atoms with Gasteiger partial charge in [-0.3, -0.25) is 9.10 Å². The van der Waals surface area contributed by atoms with Crippen LogP contribution in [-0.4, -0.2) is 32.8 Å². The third-order valence-electron chi connectivity index (χ3n) is 3.63. The summed E-state index contributed by atoms with van der Waals surface area (Å²) in [5.41, 5.74) is 3.92. The van der Waals surface area contributed by atoms with Gasteiger partial charge in [-0.15, -0.1) is 0 Å². The van der Waals surface area contributed by atoms with Crippen molar-refractivity contribution in [2.45, 2.75) is 34.6 Å². The second-order valence-electron chi connectivity index (χ2n) is 6.64. The van der Waals surface area contributed by atoms with Crippen LogP contribution >= 0.6 is 11.6 Å². The van der Waals surface area contributed by atoms with Crippen molar-refractivity contribution in [3.8, 4) is 0 Å². The molecule has 1 amide bonds. The second kappa shape index (κ2) is 7.53. The van der Waals surface area contributed by atoms with E-state index < -0.39 is 15.9 Å². The zero-order chi connectivity index (χ0) is 18.7. The van der Waals surface area contributed by atoms with Crippen LogP contribution in [0.2, 0.25) is 5.02 Å². The van der Waals surface area contributed by atoms with E-state index in [0.29, 0.717) is 16.3 Å². The minimum absolute atomic E-state index is 0.187. The number of rotatable bonds is 5. The Hall–Kier alpha value is -1.60. The largest absolute Gasteiger partial charge is 0.271 e. The number of anilines is 1. The number of nitrogens with zero attached hydrogens (tertiary/aromatic N) is 2. The first-order valence-corrected chi connectivity index (χ1v) is 9.63. The molecule has 0 bridgehead atoms. The standard InChI is InChI=1S/C16H24ClN3O3S/c1-11-13(17)8-7-9-14(11)20(24(6,22)23)10-15(21)19-18-12(2)16(3,4)5/h7-9H,10H2,1-6H3,(H,19,21)/b18-12-. The summed E-state index contributed by atoms with van der Waals surface area (Å²) in [7, 11) is -3.65. The van der Waals surface area contributed by atoms with E-state index in [4.69, 9.17) is 11.6 Å². The molecule has 1 rings (SSSR count). The molecule has 0 unspecified atom stereocenters. The molecule has 8 heteroatoms. The highest BCUT2D eigenvalue weighted by atomic mass is 35.5. The summed E-state index contributed by atoms with van der Waals surface area (Å²) in [4.78, 5) is 12.1. The topological polar surface area (TPSA) is 78.8 Å². The Labute approximate surface area is 148 Å². The predicted octanol–water partition coefficient (Wildman–Crippen LogP) is 2.95. The average Bonchev–Trinajstić information content (AvgIpc) is 2.43. The van der Waals surface area contributed by atoms with Crippen LogP contribution in [-0.2, 0) is 14.8 Å². The molecule has 6 nitrogen and oxygen atoms in total. The van der Waals surface area contributed by atoms with E-state index in [0.717, 1.165) is 16.3 Å². The molecule has 0 aliphatic carbocycles. The van der Waals surface area contributed by atoms with E-state index in [9.17, 15) is 13.2 Å². The lowest BCUT2D eigenvalue weighted by molar-refractivity contribution is -0.119. The van der Waals surface area contributed by atoms with Crippen molar-refractivity contribution in [3.05, 3.63) is 28.8 Å². The number of sulfonamides is 1. The number of carbonyl (C=O) groups excluding carboxylic acids is 1. The van der Waals surface area contributed by atoms with Crippen molar-refractivity contribution in [2.75, 3.05) is 17.1 Å². The quantitative estimate of drug-likeness (QED) is 0.636. The van der Waals surface area contributed by atoms with Gasteiger partial charge >= 0.3 is 0 Å². The first kappa shape index (κ1) is 20.4. The molecular formula is C16H24ClN3O3S. The molecule has 0 fully saturated rings. The SMILES string of the molecule is C/C(=N/NC(=O)CN(c1cccc(Cl)c1C)S(C)(=O)=O)C(C)(C)C. The van der Waals surface area contributed by atoms with Crippen LogP contribution in [0, 0.1) is 12.3 Å². The molecule has 24 heavy (non-hydrogen) atoms. The van der Waals surface area contributed by atoms with Gasteiger partial charge in [-0.1, -0.05) is 38.4 Å². The Bertz CT molecular complexity index is 752. The fourth-order valence-electron chi connectivity index (χ4n) is 1.73. The summed E-state index contributed by atoms with van der Waals surface area (Å²) in [6, 6.07) is 4.92. The van der Waals surface area contributed by atoms with Crippen molar-refractivity contribution >= 4 is 38.9 Å². The van der Waals surface area contributed by atoms with Gasteiger partial charge < -0.3 is 0 Å². The fourth-order valence-corrected chi connectivity index (χ4v) is 2.80. The lowest BCUT2D eigenvalue weighted by Crippen LogP contribution is -2.39. The van der Waals surface area contributed by atoms with Gasteiger partial charge in [0.1, 0.15) is 6.54 Å². The molecule has 1 N–H and O–H groups in total. The average molecular weight is 374 g/mol. The summed E-state index contributed by atoms with van der Waals surface area (Å²) >= 11 is 6.05. The molecule has 0 spiro atoms. The summed E-state index contributed by atoms with van der Waals surface area (Å²) in [5, 5.41) is 4.47. The normalized spacial score (nSPS) is 12.9. The van der Waals surface area contributed by atoms with Crippen molar-refractivity contribution in [2.24, 2.45) is 10.5 Å². The van der Waals surface area contributed by atoms with Crippen LogP contribution in [0.5, 0.6) is 0 Å². The zero-order valence-corrected chi connectivity index (χ0v) is 16.4. The van der Waals surface area contributed by atoms with Gasteiger partial charge in [0.2, 0.25) is 10.0 Å². The lowest BCUT2D eigenvalue weighted by Gasteiger charge is -2.24. The first-order valence-electron chi connectivity index (χ1n) is 7.40. The monoisotopic (exact) mass is 373 g/mol. The minimum Gasteiger partial charge on any atom is -0.271 e. The van der Waals surface area contributed by atoms with E-state index in [-0.39, 0.29) is 12.0 Å². The Morgan fingerprint density at radius 3 is 2.42 bits per heavy atom. The van der Waals surface area contributed by atoms with Gasteiger partial charge in [-0.05, 0) is 31.5 Å². The molecule has 0 aromatic heterocycles. The molecule has 1 aromatic carbocycles. The van der Waals surface area contributed by atoms with E-state index in [1.165, 1.54) is 0 Å². The van der Waals surface area contributed by atoms with Crippen LogP contribution in [0.1, 0.15) is 33.3 Å². The van der Waals surface area contributed by atoms with Gasteiger partial charge in [-0.25, -0.2) is 13.8 Å². The number of hydrogen-bond donors (Lipinski definition) is 1. The summed E-state index contributed by atoms with van der Waals surface area (Å²) in [6.45, 7) is 9.04. The molecule has 0 saturated carbocycles. The number of benzene rings is 1. The number of nitrogens with one attached hydrogen (secondary N) is 1. The fraction of sp³-hybridized carbons (Fsp3) is 0.500. The van der Waals surface area contributed by atoms with Gasteiger partial charge in [0.25, 0.3) is 5.91 Å². The van der Waals surface area contributed by atoms with Gasteiger partial charge in [0.05, 0.1) is 11.9 Å². The van der Waals surface area contributed by atoms with E-state index in [1.54, 1.807) is 32.0 Å². The number of hydrogen-bond acceptors (Lipinski definition) is 4. The molecule has 0 atom stereocenters. The van der Waals surface area contributed by atoms with Gasteiger partial charge in [0.15, 0.2) is 0 Å². The van der Waals surface area contributed by atoms with Gasteiger partial charge in [-0.2, -0.15) is 5.10 Å². The van der Waals surface area contributed by atoms with Crippen LogP contribution in [0.3, 0.4) is 0 Å². The van der Waals surface area contributed by atoms with E-state index in [2.05, 4.69) is 10.5 Å². The summed E-state index contributed by atoms with van der Waals surface area (Å²) in [5.74, 6) is -0.525. The highest BCUT2D eigenvalue weighted by molar-refractivity contribution is 7.92. The highest BCUT2D eigenvalue weighted by Crippen LogP contribution is 2.27. The molecule has 134 valence electrons. The van der Waals surface area contributed by atoms with Crippen LogP contribution in [0.15, 0.2) is 23.3 Å².